The molecule has 0 saturated carbocycles. The lowest BCUT2D eigenvalue weighted by Crippen LogP contribution is -2.34. The predicted octanol–water partition coefficient (Wildman–Crippen LogP) is 3.38. The van der Waals surface area contributed by atoms with Crippen LogP contribution in [0.15, 0.2) is 22.7 Å². The second-order valence-electron chi connectivity index (χ2n) is 5.41. The van der Waals surface area contributed by atoms with Gasteiger partial charge in [-0.25, -0.2) is 4.79 Å². The minimum atomic E-state index is -0.521. The van der Waals surface area contributed by atoms with Crippen LogP contribution in [0.4, 0.5) is 4.79 Å². The Hall–Kier alpha value is -1.95. The van der Waals surface area contributed by atoms with Gasteiger partial charge >= 0.3 is 6.09 Å². The number of aromatic nitrogens is 1. The highest BCUT2D eigenvalue weighted by Gasteiger charge is 2.15. The molecule has 1 heterocycles. The fourth-order valence-electron chi connectivity index (χ4n) is 1.61. The van der Waals surface area contributed by atoms with Crippen LogP contribution in [0.5, 0.6) is 5.88 Å². The van der Waals surface area contributed by atoms with Crippen LogP contribution in [0, 0.1) is 0 Å². The van der Waals surface area contributed by atoms with Gasteiger partial charge in [0.05, 0.1) is 11.9 Å². The van der Waals surface area contributed by atoms with Gasteiger partial charge in [0.15, 0.2) is 5.58 Å². The molecule has 21 heavy (non-hydrogen) atoms. The molecule has 7 heteroatoms. The van der Waals surface area contributed by atoms with Gasteiger partial charge in [-0.3, -0.25) is 0 Å². The first-order chi connectivity index (χ1) is 9.85. The summed E-state index contributed by atoms with van der Waals surface area (Å²) in [6, 6.07) is 5.16. The number of nitrogens with one attached hydrogen (secondary N) is 1. The third-order valence-electron chi connectivity index (χ3n) is 2.41. The molecule has 0 aliphatic rings. The first-order valence-electron chi connectivity index (χ1n) is 6.50. The molecule has 0 saturated heterocycles. The number of carbonyl (C=O) groups excluding carboxylic acids is 1. The van der Waals surface area contributed by atoms with E-state index in [1.807, 2.05) is 0 Å². The van der Waals surface area contributed by atoms with E-state index in [1.165, 1.54) is 0 Å². The average molecular weight is 313 g/mol. The lowest BCUT2D eigenvalue weighted by atomic mass is 10.2. The summed E-state index contributed by atoms with van der Waals surface area (Å²) in [5.41, 5.74) is 0.0320. The maximum atomic E-state index is 11.4. The summed E-state index contributed by atoms with van der Waals surface area (Å²) in [4.78, 5) is 11.4. The van der Waals surface area contributed by atoms with Crippen LogP contribution in [-0.4, -0.2) is 30.0 Å². The summed E-state index contributed by atoms with van der Waals surface area (Å²) in [7, 11) is 0. The smallest absolute Gasteiger partial charge is 0.407 e. The molecule has 1 N–H and O–H groups in total. The molecule has 1 amide bonds. The number of hydrogen-bond donors (Lipinski definition) is 1. The van der Waals surface area contributed by atoms with Crippen molar-refractivity contribution in [1.29, 1.82) is 0 Å². The monoisotopic (exact) mass is 312 g/mol. The SMILES string of the molecule is CC(C)(C)OC(=O)NCCOc1noc2cc(Cl)ccc12. The van der Waals surface area contributed by atoms with Crippen LogP contribution in [0.25, 0.3) is 11.0 Å². The Kier molecular flexibility index (Phi) is 4.57. The fraction of sp³-hybridized carbons (Fsp3) is 0.429. The molecule has 2 aromatic rings. The molecule has 0 fully saturated rings. The fourth-order valence-corrected chi connectivity index (χ4v) is 1.77. The standard InChI is InChI=1S/C14H17ClN2O4/c1-14(2,3)20-13(18)16-6-7-19-12-10-5-4-9(15)8-11(10)21-17-12/h4-5,8H,6-7H2,1-3H3,(H,16,18). The molecule has 0 spiro atoms. The molecule has 1 aromatic heterocycles. The van der Waals surface area contributed by atoms with Crippen LogP contribution in [-0.2, 0) is 4.74 Å². The molecule has 0 unspecified atom stereocenters. The molecular formula is C14H17ClN2O4. The van der Waals surface area contributed by atoms with Gasteiger partial charge in [-0.1, -0.05) is 11.6 Å². The maximum absolute atomic E-state index is 11.4. The van der Waals surface area contributed by atoms with Crippen LogP contribution in [0.3, 0.4) is 0 Å². The number of ether oxygens (including phenoxy) is 2. The van der Waals surface area contributed by atoms with E-state index in [0.29, 0.717) is 23.0 Å². The van der Waals surface area contributed by atoms with E-state index in [2.05, 4.69) is 10.5 Å². The Balaban J connectivity index is 1.82. The molecule has 0 aliphatic carbocycles. The predicted molar refractivity (Wildman–Crippen MR) is 78.8 cm³/mol. The third kappa shape index (κ3) is 4.53. The number of carbonyl (C=O) groups is 1. The molecule has 0 atom stereocenters. The van der Waals surface area contributed by atoms with Gasteiger partial charge in [-0.05, 0) is 38.1 Å². The summed E-state index contributed by atoms with van der Waals surface area (Å²) in [5, 5.41) is 7.71. The van der Waals surface area contributed by atoms with E-state index >= 15 is 0 Å². The second kappa shape index (κ2) is 6.22. The van der Waals surface area contributed by atoms with Crippen molar-refractivity contribution < 1.29 is 18.8 Å². The first kappa shape index (κ1) is 15.4. The zero-order valence-electron chi connectivity index (χ0n) is 12.1. The topological polar surface area (TPSA) is 73.6 Å². The van der Waals surface area contributed by atoms with Crippen LogP contribution in [0.1, 0.15) is 20.8 Å². The van der Waals surface area contributed by atoms with E-state index in [1.54, 1.807) is 39.0 Å². The van der Waals surface area contributed by atoms with Crippen molar-refractivity contribution in [2.45, 2.75) is 26.4 Å². The number of hydrogen-bond acceptors (Lipinski definition) is 5. The van der Waals surface area contributed by atoms with Gasteiger partial charge in [0, 0.05) is 11.1 Å². The van der Waals surface area contributed by atoms with E-state index in [-0.39, 0.29) is 6.61 Å². The van der Waals surface area contributed by atoms with Crippen LogP contribution < -0.4 is 10.1 Å². The minimum Gasteiger partial charge on any atom is -0.473 e. The van der Waals surface area contributed by atoms with Crippen molar-refractivity contribution in [1.82, 2.24) is 10.5 Å². The normalized spacial score (nSPS) is 11.4. The van der Waals surface area contributed by atoms with Crippen LogP contribution in [0.2, 0.25) is 5.02 Å². The van der Waals surface area contributed by atoms with Crippen molar-refractivity contribution in [3.05, 3.63) is 23.2 Å². The van der Waals surface area contributed by atoms with Crippen molar-refractivity contribution in [2.75, 3.05) is 13.2 Å². The van der Waals surface area contributed by atoms with Gasteiger partial charge in [0.2, 0.25) is 0 Å². The highest BCUT2D eigenvalue weighted by Crippen LogP contribution is 2.27. The van der Waals surface area contributed by atoms with Gasteiger partial charge in [0.25, 0.3) is 5.88 Å². The molecule has 0 radical (unpaired) electrons. The lowest BCUT2D eigenvalue weighted by molar-refractivity contribution is 0.0520. The Morgan fingerprint density at radius 2 is 2.19 bits per heavy atom. The zero-order chi connectivity index (χ0) is 15.5. The zero-order valence-corrected chi connectivity index (χ0v) is 12.9. The number of rotatable bonds is 4. The largest absolute Gasteiger partial charge is 0.473 e. The third-order valence-corrected chi connectivity index (χ3v) is 2.65. The number of benzene rings is 1. The molecule has 6 nitrogen and oxygen atoms in total. The second-order valence-corrected chi connectivity index (χ2v) is 5.84. The van der Waals surface area contributed by atoms with Crippen molar-refractivity contribution in [2.24, 2.45) is 0 Å². The Bertz CT molecular complexity index is 633. The minimum absolute atomic E-state index is 0.253. The number of alkyl carbamates (subject to hydrolysis) is 1. The maximum Gasteiger partial charge on any atom is 0.407 e. The average Bonchev–Trinajstić information content (AvgIpc) is 2.75. The van der Waals surface area contributed by atoms with Gasteiger partial charge in [0.1, 0.15) is 12.2 Å². The van der Waals surface area contributed by atoms with E-state index in [9.17, 15) is 4.79 Å². The molecular weight excluding hydrogens is 296 g/mol. The first-order valence-corrected chi connectivity index (χ1v) is 6.87. The van der Waals surface area contributed by atoms with E-state index in [4.69, 9.17) is 25.6 Å². The molecule has 1 aromatic carbocycles. The van der Waals surface area contributed by atoms with Gasteiger partial charge in [-0.15, -0.1) is 0 Å². The Labute approximate surface area is 127 Å². The van der Waals surface area contributed by atoms with Gasteiger partial charge < -0.3 is 19.3 Å². The van der Waals surface area contributed by atoms with Crippen molar-refractivity contribution in [3.63, 3.8) is 0 Å². The van der Waals surface area contributed by atoms with Crippen molar-refractivity contribution in [3.8, 4) is 5.88 Å². The summed E-state index contributed by atoms with van der Waals surface area (Å²) >= 11 is 5.85. The van der Waals surface area contributed by atoms with E-state index < -0.39 is 11.7 Å². The quantitative estimate of drug-likeness (QED) is 0.876. The molecule has 0 aliphatic heterocycles. The summed E-state index contributed by atoms with van der Waals surface area (Å²) < 4.78 is 15.7. The molecule has 2 rings (SSSR count). The summed E-state index contributed by atoms with van der Waals surface area (Å²) in [6.07, 6.45) is -0.483. The van der Waals surface area contributed by atoms with Crippen molar-refractivity contribution >= 4 is 28.7 Å². The Morgan fingerprint density at radius 3 is 2.90 bits per heavy atom. The molecule has 114 valence electrons. The highest BCUT2D eigenvalue weighted by atomic mass is 35.5. The number of nitrogens with zero attached hydrogens (tertiary/aromatic N) is 1. The Morgan fingerprint density at radius 1 is 1.43 bits per heavy atom. The number of halogens is 1. The summed E-state index contributed by atoms with van der Waals surface area (Å²) in [5.74, 6) is 0.368. The number of amides is 1. The van der Waals surface area contributed by atoms with E-state index in [0.717, 1.165) is 5.39 Å². The molecule has 0 bridgehead atoms. The summed E-state index contributed by atoms with van der Waals surface area (Å²) in [6.45, 7) is 5.96. The van der Waals surface area contributed by atoms with Gasteiger partial charge in [-0.2, -0.15) is 0 Å². The van der Waals surface area contributed by atoms with Crippen LogP contribution >= 0.6 is 11.6 Å². The lowest BCUT2D eigenvalue weighted by Gasteiger charge is -2.19. The number of fused-ring (bicyclic) bond motifs is 1. The highest BCUT2D eigenvalue weighted by molar-refractivity contribution is 6.31.